The molecule has 9 heteroatoms. The molecule has 0 saturated carbocycles. The number of nitrogens with zero attached hydrogens (tertiary/aromatic N) is 2. The third kappa shape index (κ3) is 4.15. The summed E-state index contributed by atoms with van der Waals surface area (Å²) in [5, 5.41) is 10.7. The Bertz CT molecular complexity index is 965. The van der Waals surface area contributed by atoms with E-state index in [1.165, 1.54) is 23.1 Å². The zero-order chi connectivity index (χ0) is 20.3. The third-order valence-electron chi connectivity index (χ3n) is 4.20. The summed E-state index contributed by atoms with van der Waals surface area (Å²) in [6, 6.07) is 7.87. The Balaban J connectivity index is 1.81. The van der Waals surface area contributed by atoms with Gasteiger partial charge in [0.2, 0.25) is 0 Å². The second-order valence-electron chi connectivity index (χ2n) is 6.14. The number of non-ortho nitro benzene ring substituents is 1. The van der Waals surface area contributed by atoms with Crippen LogP contribution in [0.1, 0.15) is 17.7 Å². The minimum atomic E-state index is -0.466. The molecule has 1 aromatic carbocycles. The number of rotatable bonds is 7. The van der Waals surface area contributed by atoms with E-state index in [1.54, 1.807) is 25.3 Å². The zero-order valence-corrected chi connectivity index (χ0v) is 16.2. The monoisotopic (exact) mass is 402 g/mol. The number of nitro groups is 1. The van der Waals surface area contributed by atoms with Gasteiger partial charge in [-0.15, -0.1) is 0 Å². The van der Waals surface area contributed by atoms with Gasteiger partial charge >= 0.3 is 0 Å². The second kappa shape index (κ2) is 8.41. The van der Waals surface area contributed by atoms with Gasteiger partial charge in [-0.25, -0.2) is 0 Å². The smallest absolute Gasteiger partial charge is 0.293 e. The first kappa shape index (κ1) is 19.8. The van der Waals surface area contributed by atoms with Gasteiger partial charge in [0.15, 0.2) is 0 Å². The normalized spacial score (nSPS) is 15.6. The first-order valence-electron chi connectivity index (χ1n) is 8.50. The molecule has 0 atom stereocenters. The van der Waals surface area contributed by atoms with Crippen LogP contribution in [0.2, 0.25) is 0 Å². The van der Waals surface area contributed by atoms with E-state index in [0.29, 0.717) is 36.7 Å². The van der Waals surface area contributed by atoms with Crippen LogP contribution < -0.4 is 0 Å². The number of thioether (sulfide) groups is 1. The maximum atomic E-state index is 12.4. The Labute approximate surface area is 165 Å². The molecule has 0 N–H and O–H groups in total. The summed E-state index contributed by atoms with van der Waals surface area (Å²) in [6.07, 6.45) is 2.08. The average Bonchev–Trinajstić information content (AvgIpc) is 3.22. The van der Waals surface area contributed by atoms with Crippen molar-refractivity contribution in [1.82, 2.24) is 4.90 Å². The number of nitro benzene ring substituents is 1. The third-order valence-corrected chi connectivity index (χ3v) is 5.11. The molecule has 1 fully saturated rings. The molecule has 0 bridgehead atoms. The molecule has 1 aromatic heterocycles. The number of hydrogen-bond donors (Lipinski definition) is 0. The van der Waals surface area contributed by atoms with Gasteiger partial charge in [0, 0.05) is 44.0 Å². The van der Waals surface area contributed by atoms with E-state index >= 15 is 0 Å². The molecule has 8 nitrogen and oxygen atoms in total. The fourth-order valence-corrected chi connectivity index (χ4v) is 3.60. The van der Waals surface area contributed by atoms with Crippen LogP contribution in [0.25, 0.3) is 17.4 Å². The van der Waals surface area contributed by atoms with Crippen LogP contribution in [0, 0.1) is 17.0 Å². The zero-order valence-electron chi connectivity index (χ0n) is 15.3. The summed E-state index contributed by atoms with van der Waals surface area (Å²) < 4.78 is 10.7. The number of ether oxygens (including phenoxy) is 1. The Kier molecular flexibility index (Phi) is 5.96. The summed E-state index contributed by atoms with van der Waals surface area (Å²) in [4.78, 5) is 36.5. The van der Waals surface area contributed by atoms with Gasteiger partial charge in [-0.2, -0.15) is 0 Å². The summed E-state index contributed by atoms with van der Waals surface area (Å²) in [5.74, 6) is 0.477. The molecule has 2 heterocycles. The van der Waals surface area contributed by atoms with Crippen molar-refractivity contribution in [2.75, 3.05) is 20.3 Å². The number of imide groups is 1. The number of carbonyl (C=O) groups is 2. The van der Waals surface area contributed by atoms with Crippen LogP contribution in [0.4, 0.5) is 10.5 Å². The van der Waals surface area contributed by atoms with E-state index in [4.69, 9.17) is 9.15 Å². The lowest BCUT2D eigenvalue weighted by Gasteiger charge is -2.11. The number of carbonyl (C=O) groups excluding carboxylic acids is 2. The molecule has 1 saturated heterocycles. The molecule has 2 aromatic rings. The van der Waals surface area contributed by atoms with Crippen LogP contribution in [-0.4, -0.2) is 41.2 Å². The van der Waals surface area contributed by atoms with Crippen LogP contribution in [0.15, 0.2) is 39.7 Å². The lowest BCUT2D eigenvalue weighted by molar-refractivity contribution is -0.384. The maximum absolute atomic E-state index is 12.4. The van der Waals surface area contributed by atoms with Crippen molar-refractivity contribution in [2.45, 2.75) is 13.3 Å². The minimum absolute atomic E-state index is 0.0317. The lowest BCUT2D eigenvalue weighted by atomic mass is 10.1. The largest absolute Gasteiger partial charge is 0.457 e. The Morgan fingerprint density at radius 2 is 2.07 bits per heavy atom. The van der Waals surface area contributed by atoms with Gasteiger partial charge in [0.05, 0.1) is 9.83 Å². The second-order valence-corrected chi connectivity index (χ2v) is 7.13. The minimum Gasteiger partial charge on any atom is -0.457 e. The number of benzene rings is 1. The summed E-state index contributed by atoms with van der Waals surface area (Å²) in [5.41, 5.74) is 1.39. The highest BCUT2D eigenvalue weighted by Crippen LogP contribution is 2.34. The number of aryl methyl sites for hydroxylation is 1. The molecule has 28 heavy (non-hydrogen) atoms. The van der Waals surface area contributed by atoms with Crippen LogP contribution in [0.3, 0.4) is 0 Å². The van der Waals surface area contributed by atoms with Gasteiger partial charge in [-0.05, 0) is 42.8 Å². The van der Waals surface area contributed by atoms with Crippen molar-refractivity contribution in [3.8, 4) is 11.3 Å². The van der Waals surface area contributed by atoms with Gasteiger partial charge in [-0.1, -0.05) is 6.07 Å². The van der Waals surface area contributed by atoms with E-state index in [0.717, 1.165) is 17.3 Å². The van der Waals surface area contributed by atoms with Gasteiger partial charge in [0.25, 0.3) is 16.8 Å². The molecule has 0 unspecified atom stereocenters. The van der Waals surface area contributed by atoms with Crippen molar-refractivity contribution in [3.05, 3.63) is 56.7 Å². The van der Waals surface area contributed by atoms with Gasteiger partial charge in [-0.3, -0.25) is 24.6 Å². The number of methoxy groups -OCH3 is 1. The highest BCUT2D eigenvalue weighted by Gasteiger charge is 2.34. The Morgan fingerprint density at radius 3 is 2.79 bits per heavy atom. The summed E-state index contributed by atoms with van der Waals surface area (Å²) >= 11 is 0.858. The number of furan rings is 1. The lowest BCUT2D eigenvalue weighted by Crippen LogP contribution is -2.29. The van der Waals surface area contributed by atoms with E-state index in [9.17, 15) is 19.7 Å². The standard InChI is InChI=1S/C19H18N2O6S/c1-12-4-5-13(21(24)25)10-15(12)16-7-6-14(27-16)11-17-18(22)20(19(23)28-17)8-3-9-26-2/h4-7,10-11H,3,8-9H2,1-2H3/b17-11+. The van der Waals surface area contributed by atoms with Crippen LogP contribution in [-0.2, 0) is 9.53 Å². The number of hydrogen-bond acceptors (Lipinski definition) is 7. The first-order chi connectivity index (χ1) is 13.4. The van der Waals surface area contributed by atoms with E-state index in [2.05, 4.69) is 0 Å². The highest BCUT2D eigenvalue weighted by molar-refractivity contribution is 8.18. The van der Waals surface area contributed by atoms with Crippen molar-refractivity contribution >= 4 is 34.7 Å². The Hall–Kier alpha value is -2.91. The van der Waals surface area contributed by atoms with Crippen LogP contribution in [0.5, 0.6) is 0 Å². The molecule has 0 radical (unpaired) electrons. The van der Waals surface area contributed by atoms with E-state index in [1.807, 2.05) is 6.92 Å². The molecule has 3 rings (SSSR count). The molecule has 1 aliphatic rings. The molecule has 146 valence electrons. The molecule has 1 aliphatic heterocycles. The average molecular weight is 402 g/mol. The molecule has 2 amide bonds. The predicted molar refractivity (Wildman–Crippen MR) is 105 cm³/mol. The van der Waals surface area contributed by atoms with Crippen molar-refractivity contribution < 1.29 is 23.7 Å². The SMILES string of the molecule is COCCCN1C(=O)S/C(=C/c2ccc(-c3cc([N+](=O)[O-])ccc3C)o2)C1=O. The summed E-state index contributed by atoms with van der Waals surface area (Å²) in [6.45, 7) is 2.59. The number of amides is 2. The van der Waals surface area contributed by atoms with Crippen molar-refractivity contribution in [1.29, 1.82) is 0 Å². The van der Waals surface area contributed by atoms with Gasteiger partial charge in [0.1, 0.15) is 11.5 Å². The molecular weight excluding hydrogens is 384 g/mol. The maximum Gasteiger partial charge on any atom is 0.293 e. The topological polar surface area (TPSA) is 103 Å². The van der Waals surface area contributed by atoms with E-state index in [-0.39, 0.29) is 21.7 Å². The summed E-state index contributed by atoms with van der Waals surface area (Å²) in [7, 11) is 1.56. The fourth-order valence-electron chi connectivity index (χ4n) is 2.75. The molecular formula is C19H18N2O6S. The van der Waals surface area contributed by atoms with Crippen molar-refractivity contribution in [3.63, 3.8) is 0 Å². The van der Waals surface area contributed by atoms with Crippen molar-refractivity contribution in [2.24, 2.45) is 0 Å². The van der Waals surface area contributed by atoms with Crippen LogP contribution >= 0.6 is 11.8 Å². The molecule has 0 aliphatic carbocycles. The predicted octanol–water partition coefficient (Wildman–Crippen LogP) is 4.24. The fraction of sp³-hybridized carbons (Fsp3) is 0.263. The highest BCUT2D eigenvalue weighted by atomic mass is 32.2. The quantitative estimate of drug-likeness (QED) is 0.295. The Morgan fingerprint density at radius 1 is 1.29 bits per heavy atom. The first-order valence-corrected chi connectivity index (χ1v) is 9.32. The van der Waals surface area contributed by atoms with E-state index < -0.39 is 4.92 Å². The van der Waals surface area contributed by atoms with Gasteiger partial charge < -0.3 is 9.15 Å². The molecule has 0 spiro atoms.